The molecule has 0 aliphatic carbocycles. The highest BCUT2D eigenvalue weighted by atomic mass is 16.7. The van der Waals surface area contributed by atoms with Crippen molar-refractivity contribution in [2.24, 2.45) is 0 Å². The lowest BCUT2D eigenvalue weighted by Crippen LogP contribution is -2.54. The number of hydrogen-bond acceptors (Lipinski definition) is 8. The zero-order valence-electron chi connectivity index (χ0n) is 14.3. The van der Waals surface area contributed by atoms with E-state index in [1.165, 1.54) is 0 Å². The highest BCUT2D eigenvalue weighted by Gasteiger charge is 2.38. The van der Waals surface area contributed by atoms with E-state index in [0.29, 0.717) is 19.4 Å². The Labute approximate surface area is 138 Å². The topological polar surface area (TPSA) is 140 Å². The maximum Gasteiger partial charge on any atom is 0.186 e. The molecule has 0 bridgehead atoms. The summed E-state index contributed by atoms with van der Waals surface area (Å²) in [4.78, 5) is 0. The summed E-state index contributed by atoms with van der Waals surface area (Å²) in [5, 5.41) is 53.9. The maximum atomic E-state index is 9.52. The second-order valence-electron chi connectivity index (χ2n) is 4.83. The van der Waals surface area contributed by atoms with Gasteiger partial charge in [0.2, 0.25) is 0 Å². The predicted molar refractivity (Wildman–Crippen MR) is 84.8 cm³/mol. The lowest BCUT2D eigenvalue weighted by atomic mass is 10.1. The fraction of sp³-hybridized carbons (Fsp3) is 1.00. The van der Waals surface area contributed by atoms with Crippen LogP contribution in [0.2, 0.25) is 0 Å². The summed E-state index contributed by atoms with van der Waals surface area (Å²) >= 11 is 0. The Morgan fingerprint density at radius 3 is 2.13 bits per heavy atom. The minimum atomic E-state index is -1.34. The van der Waals surface area contributed by atoms with E-state index in [0.717, 1.165) is 6.42 Å². The Hall–Kier alpha value is -0.320. The van der Waals surface area contributed by atoms with E-state index in [-0.39, 0.29) is 19.8 Å². The number of rotatable bonds is 7. The molecule has 6 N–H and O–H groups in total. The van der Waals surface area contributed by atoms with Crippen molar-refractivity contribution >= 4 is 0 Å². The van der Waals surface area contributed by atoms with Crippen molar-refractivity contribution < 1.29 is 40.1 Å². The fourth-order valence-corrected chi connectivity index (χ4v) is 1.54. The number of hydrogen-bond donors (Lipinski definition) is 6. The Balaban J connectivity index is 0. The zero-order chi connectivity index (χ0) is 18.3. The van der Waals surface area contributed by atoms with Crippen molar-refractivity contribution in [1.29, 1.82) is 0 Å². The molecule has 8 nitrogen and oxygen atoms in total. The standard InChI is InChI=1S/C10H20O7.C3H8O.C2H6/c11-3-1-2-6(12)4-16-10-9(15)8(14)7(13)5-17-10;1-2-3-4;1-2/h6-15H,1-5H2;4H,2-3H2,1H3;1-2H3/t6?,7-,8?,9?,10+;;/m1../s1. The Morgan fingerprint density at radius 2 is 1.65 bits per heavy atom. The van der Waals surface area contributed by atoms with Crippen LogP contribution in [0.3, 0.4) is 0 Å². The van der Waals surface area contributed by atoms with Crippen molar-refractivity contribution in [3.63, 3.8) is 0 Å². The lowest BCUT2D eigenvalue weighted by Gasteiger charge is -2.35. The van der Waals surface area contributed by atoms with E-state index in [2.05, 4.69) is 0 Å². The van der Waals surface area contributed by atoms with Gasteiger partial charge >= 0.3 is 0 Å². The molecule has 0 amide bonds. The van der Waals surface area contributed by atoms with Crippen LogP contribution in [0, 0.1) is 0 Å². The molecule has 0 radical (unpaired) electrons. The van der Waals surface area contributed by atoms with Gasteiger partial charge in [0.25, 0.3) is 0 Å². The van der Waals surface area contributed by atoms with Gasteiger partial charge in [-0.05, 0) is 19.3 Å². The van der Waals surface area contributed by atoms with E-state index in [9.17, 15) is 20.4 Å². The van der Waals surface area contributed by atoms with Crippen molar-refractivity contribution in [3.8, 4) is 0 Å². The molecule has 1 saturated heterocycles. The van der Waals surface area contributed by atoms with Crippen LogP contribution in [0.15, 0.2) is 0 Å². The Kier molecular flexibility index (Phi) is 17.9. The van der Waals surface area contributed by atoms with E-state index >= 15 is 0 Å². The van der Waals surface area contributed by atoms with Crippen LogP contribution >= 0.6 is 0 Å². The van der Waals surface area contributed by atoms with E-state index in [1.807, 2.05) is 20.8 Å². The van der Waals surface area contributed by atoms with Gasteiger partial charge in [-0.25, -0.2) is 0 Å². The monoisotopic (exact) mass is 342 g/mol. The smallest absolute Gasteiger partial charge is 0.186 e. The van der Waals surface area contributed by atoms with Crippen LogP contribution in [0.5, 0.6) is 0 Å². The molecule has 0 aromatic heterocycles. The molecule has 1 aliphatic rings. The molecule has 0 spiro atoms. The molecule has 23 heavy (non-hydrogen) atoms. The van der Waals surface area contributed by atoms with E-state index in [4.69, 9.17) is 19.7 Å². The summed E-state index contributed by atoms with van der Waals surface area (Å²) in [6.07, 6.45) is -3.90. The third kappa shape index (κ3) is 11.8. The normalized spacial score (nSPS) is 28.0. The second kappa shape index (κ2) is 16.5. The first-order valence-electron chi connectivity index (χ1n) is 8.15. The Bertz CT molecular complexity index is 240. The molecule has 0 aromatic carbocycles. The molecule has 1 rings (SSSR count). The summed E-state index contributed by atoms with van der Waals surface area (Å²) in [6, 6.07) is 0. The average Bonchev–Trinajstić information content (AvgIpc) is 2.59. The van der Waals surface area contributed by atoms with Gasteiger partial charge in [-0.3, -0.25) is 0 Å². The summed E-state index contributed by atoms with van der Waals surface area (Å²) in [7, 11) is 0. The van der Waals surface area contributed by atoms with Gasteiger partial charge in [0.15, 0.2) is 6.29 Å². The minimum absolute atomic E-state index is 0.00940. The summed E-state index contributed by atoms with van der Waals surface area (Å²) in [5.41, 5.74) is 0. The van der Waals surface area contributed by atoms with Gasteiger partial charge in [-0.15, -0.1) is 0 Å². The van der Waals surface area contributed by atoms with Crippen LogP contribution < -0.4 is 0 Å². The first-order chi connectivity index (χ1) is 11.0. The third-order valence-corrected chi connectivity index (χ3v) is 2.83. The van der Waals surface area contributed by atoms with Crippen molar-refractivity contribution in [1.82, 2.24) is 0 Å². The first kappa shape index (κ1) is 24.9. The molecular weight excluding hydrogens is 308 g/mol. The molecular formula is C15H34O8. The van der Waals surface area contributed by atoms with Gasteiger partial charge in [-0.2, -0.15) is 0 Å². The molecule has 1 aliphatic heterocycles. The Morgan fingerprint density at radius 1 is 1.09 bits per heavy atom. The van der Waals surface area contributed by atoms with Crippen LogP contribution in [0.4, 0.5) is 0 Å². The summed E-state index contributed by atoms with van der Waals surface area (Å²) in [6.45, 7) is 6.05. The van der Waals surface area contributed by atoms with Crippen LogP contribution in [-0.2, 0) is 9.47 Å². The van der Waals surface area contributed by atoms with Crippen molar-refractivity contribution in [2.75, 3.05) is 26.4 Å². The molecule has 1 fully saturated rings. The van der Waals surface area contributed by atoms with Gasteiger partial charge in [0, 0.05) is 13.2 Å². The molecule has 1 heterocycles. The van der Waals surface area contributed by atoms with Gasteiger partial charge < -0.3 is 40.1 Å². The van der Waals surface area contributed by atoms with Gasteiger partial charge in [0.1, 0.15) is 18.3 Å². The van der Waals surface area contributed by atoms with Crippen LogP contribution in [0.25, 0.3) is 0 Å². The molecule has 3 unspecified atom stereocenters. The van der Waals surface area contributed by atoms with Crippen molar-refractivity contribution in [3.05, 3.63) is 0 Å². The third-order valence-electron chi connectivity index (χ3n) is 2.83. The van der Waals surface area contributed by atoms with Crippen LogP contribution in [0.1, 0.15) is 40.0 Å². The highest BCUT2D eigenvalue weighted by molar-refractivity contribution is 4.82. The molecule has 0 aromatic rings. The minimum Gasteiger partial charge on any atom is -0.396 e. The van der Waals surface area contributed by atoms with Gasteiger partial charge in [0.05, 0.1) is 19.3 Å². The number of aliphatic hydroxyl groups is 6. The van der Waals surface area contributed by atoms with Crippen LogP contribution in [-0.4, -0.2) is 87.8 Å². The SMILES string of the molecule is CC.CCCO.OCCCC(O)CO[C@H]1OC[C@@H](O)C(O)C1O. The maximum absolute atomic E-state index is 9.52. The largest absolute Gasteiger partial charge is 0.396 e. The molecule has 142 valence electrons. The van der Waals surface area contributed by atoms with Crippen molar-refractivity contribution in [2.45, 2.75) is 70.7 Å². The summed E-state index contributed by atoms with van der Waals surface area (Å²) < 4.78 is 10.1. The molecule has 8 heteroatoms. The highest BCUT2D eigenvalue weighted by Crippen LogP contribution is 2.17. The van der Waals surface area contributed by atoms with E-state index < -0.39 is 30.7 Å². The zero-order valence-corrected chi connectivity index (χ0v) is 14.3. The van der Waals surface area contributed by atoms with E-state index in [1.54, 1.807) is 0 Å². The lowest BCUT2D eigenvalue weighted by molar-refractivity contribution is -0.274. The molecule has 5 atom stereocenters. The van der Waals surface area contributed by atoms with Gasteiger partial charge in [-0.1, -0.05) is 20.8 Å². The first-order valence-corrected chi connectivity index (χ1v) is 8.15. The second-order valence-corrected chi connectivity index (χ2v) is 4.83. The number of ether oxygens (including phenoxy) is 2. The fourth-order valence-electron chi connectivity index (χ4n) is 1.54. The number of aliphatic hydroxyl groups excluding tert-OH is 6. The molecule has 0 saturated carbocycles. The quantitative estimate of drug-likeness (QED) is 0.346. The average molecular weight is 342 g/mol. The predicted octanol–water partition coefficient (Wildman–Crippen LogP) is -1.01. The summed E-state index contributed by atoms with van der Waals surface area (Å²) in [5.74, 6) is 0.